The van der Waals surface area contributed by atoms with Crippen molar-refractivity contribution in [2.24, 2.45) is 5.73 Å². The summed E-state index contributed by atoms with van der Waals surface area (Å²) < 4.78 is 53.5. The average molecular weight is 443 g/mol. The molecule has 30 heavy (non-hydrogen) atoms. The number of fused-ring (bicyclic) bond motifs is 1. The van der Waals surface area contributed by atoms with Crippen molar-refractivity contribution in [3.8, 4) is 0 Å². The molecule has 0 unspecified atom stereocenters. The number of benzene rings is 1. The first-order chi connectivity index (χ1) is 14.1. The van der Waals surface area contributed by atoms with Gasteiger partial charge < -0.3 is 16.0 Å². The minimum absolute atomic E-state index is 0.0122. The third-order valence-electron chi connectivity index (χ3n) is 5.05. The maximum Gasteiger partial charge on any atom is 0.435 e. The molecule has 0 atom stereocenters. The molecule has 1 aromatic carbocycles. The number of rotatable bonds is 4. The Balaban J connectivity index is 1.66. The van der Waals surface area contributed by atoms with Crippen LogP contribution < -0.4 is 11.1 Å². The minimum Gasteiger partial charge on any atom is -0.369 e. The van der Waals surface area contributed by atoms with E-state index in [4.69, 9.17) is 17.3 Å². The number of hydrogen-bond donors (Lipinski definition) is 2. The van der Waals surface area contributed by atoms with Gasteiger partial charge in [0.2, 0.25) is 0 Å². The number of carbonyl (C=O) groups is 1. The molecule has 4 rings (SSSR count). The molecule has 3 N–H and O–H groups in total. The molecule has 1 aliphatic rings. The van der Waals surface area contributed by atoms with Crippen molar-refractivity contribution in [2.75, 3.05) is 25.0 Å². The number of primary amides is 1. The lowest BCUT2D eigenvalue weighted by Gasteiger charge is -2.50. The summed E-state index contributed by atoms with van der Waals surface area (Å²) in [5.74, 6) is -0.216. The van der Waals surface area contributed by atoms with Crippen LogP contribution in [0.3, 0.4) is 0 Å². The molecule has 3 heterocycles. The average Bonchev–Trinajstić information content (AvgIpc) is 3.06. The second-order valence-electron chi connectivity index (χ2n) is 7.10. The monoisotopic (exact) mass is 442 g/mol. The number of aromatic nitrogens is 3. The number of alkyl halides is 3. The number of nitrogens with one attached hydrogen (secondary N) is 1. The summed E-state index contributed by atoms with van der Waals surface area (Å²) in [7, 11) is 0. The molecular formula is C18H15ClF4N6O. The summed E-state index contributed by atoms with van der Waals surface area (Å²) >= 11 is 5.96. The lowest BCUT2D eigenvalue weighted by molar-refractivity contribution is -0.141. The number of likely N-dealkylation sites (tertiary alicyclic amines) is 1. The molecule has 158 valence electrons. The van der Waals surface area contributed by atoms with Gasteiger partial charge in [0.05, 0.1) is 0 Å². The van der Waals surface area contributed by atoms with E-state index in [2.05, 4.69) is 15.4 Å². The van der Waals surface area contributed by atoms with Crippen LogP contribution in [0, 0.1) is 5.82 Å². The number of nitrogens with two attached hydrogens (primary N) is 1. The Labute approximate surface area is 172 Å². The fourth-order valence-electron chi connectivity index (χ4n) is 3.51. The first-order valence-corrected chi connectivity index (χ1v) is 9.13. The van der Waals surface area contributed by atoms with E-state index in [0.717, 1.165) is 16.1 Å². The molecule has 7 nitrogen and oxygen atoms in total. The Morgan fingerprint density at radius 1 is 1.23 bits per heavy atom. The van der Waals surface area contributed by atoms with Gasteiger partial charge in [0.15, 0.2) is 11.3 Å². The van der Waals surface area contributed by atoms with Crippen molar-refractivity contribution in [3.63, 3.8) is 0 Å². The van der Waals surface area contributed by atoms with Gasteiger partial charge >= 0.3 is 12.2 Å². The smallest absolute Gasteiger partial charge is 0.369 e. The van der Waals surface area contributed by atoms with E-state index >= 15 is 0 Å². The van der Waals surface area contributed by atoms with Crippen molar-refractivity contribution >= 4 is 29.1 Å². The number of urea groups is 1. The number of amides is 2. The van der Waals surface area contributed by atoms with Gasteiger partial charge in [-0.2, -0.15) is 22.8 Å². The quantitative estimate of drug-likeness (QED) is 0.479. The number of halogens is 5. The van der Waals surface area contributed by atoms with Gasteiger partial charge in [-0.25, -0.2) is 14.2 Å². The van der Waals surface area contributed by atoms with Gasteiger partial charge in [-0.15, -0.1) is 0 Å². The first-order valence-electron chi connectivity index (χ1n) is 8.75. The van der Waals surface area contributed by atoms with Crippen LogP contribution in [0.5, 0.6) is 0 Å². The summed E-state index contributed by atoms with van der Waals surface area (Å²) in [6, 6.07) is 7.35. The van der Waals surface area contributed by atoms with E-state index in [-0.39, 0.29) is 36.3 Å². The number of carbonyl (C=O) groups excluding carboxylic acids is 1. The Morgan fingerprint density at radius 2 is 1.90 bits per heavy atom. The molecular weight excluding hydrogens is 428 g/mol. The molecule has 1 fully saturated rings. The Morgan fingerprint density at radius 3 is 2.50 bits per heavy atom. The molecule has 2 aromatic heterocycles. The molecule has 2 amide bonds. The van der Waals surface area contributed by atoms with E-state index in [1.807, 2.05) is 0 Å². The van der Waals surface area contributed by atoms with Crippen LogP contribution in [-0.2, 0) is 11.6 Å². The molecule has 0 spiro atoms. The molecule has 0 aliphatic carbocycles. The second-order valence-corrected chi connectivity index (χ2v) is 7.48. The zero-order valence-corrected chi connectivity index (χ0v) is 16.0. The third-order valence-corrected chi connectivity index (χ3v) is 5.24. The Kier molecular flexibility index (Phi) is 4.72. The van der Waals surface area contributed by atoms with Crippen molar-refractivity contribution in [3.05, 3.63) is 58.6 Å². The number of nitrogens with zero attached hydrogens (tertiary/aromatic N) is 4. The summed E-state index contributed by atoms with van der Waals surface area (Å²) in [5.41, 5.74) is 4.29. The largest absolute Gasteiger partial charge is 0.435 e. The van der Waals surface area contributed by atoms with Gasteiger partial charge in [-0.1, -0.05) is 23.7 Å². The maximum atomic E-state index is 13.3. The summed E-state index contributed by atoms with van der Waals surface area (Å²) in [4.78, 5) is 16.7. The van der Waals surface area contributed by atoms with Crippen LogP contribution in [0.15, 0.2) is 36.4 Å². The van der Waals surface area contributed by atoms with E-state index in [1.54, 1.807) is 12.1 Å². The SMILES string of the molecule is NC(=O)N1CC(CNc2cc(Cl)nc3cc(C(F)(F)F)nn23)(c2ccc(F)cc2)C1. The summed E-state index contributed by atoms with van der Waals surface area (Å²) in [6.07, 6.45) is -4.64. The van der Waals surface area contributed by atoms with E-state index in [9.17, 15) is 22.4 Å². The fourth-order valence-corrected chi connectivity index (χ4v) is 3.70. The van der Waals surface area contributed by atoms with Crippen LogP contribution in [0.1, 0.15) is 11.3 Å². The zero-order valence-electron chi connectivity index (χ0n) is 15.2. The van der Waals surface area contributed by atoms with Gasteiger partial charge in [0.1, 0.15) is 16.8 Å². The van der Waals surface area contributed by atoms with Crippen LogP contribution in [0.25, 0.3) is 5.65 Å². The van der Waals surface area contributed by atoms with Crippen LogP contribution in [0.2, 0.25) is 5.15 Å². The predicted octanol–water partition coefficient (Wildman–Crippen LogP) is 3.28. The van der Waals surface area contributed by atoms with Crippen molar-refractivity contribution in [1.29, 1.82) is 0 Å². The first kappa shape index (κ1) is 20.2. The highest BCUT2D eigenvalue weighted by atomic mass is 35.5. The molecule has 0 saturated carbocycles. The van der Waals surface area contributed by atoms with Crippen molar-refractivity contribution in [1.82, 2.24) is 19.5 Å². The molecule has 0 bridgehead atoms. The van der Waals surface area contributed by atoms with E-state index < -0.39 is 29.1 Å². The number of anilines is 1. The van der Waals surface area contributed by atoms with Gasteiger partial charge in [0, 0.05) is 37.2 Å². The van der Waals surface area contributed by atoms with Crippen molar-refractivity contribution < 1.29 is 22.4 Å². The highest BCUT2D eigenvalue weighted by Crippen LogP contribution is 2.35. The third kappa shape index (κ3) is 3.60. The second kappa shape index (κ2) is 7.01. The lowest BCUT2D eigenvalue weighted by atomic mass is 9.73. The van der Waals surface area contributed by atoms with Gasteiger partial charge in [-0.3, -0.25) is 0 Å². The highest BCUT2D eigenvalue weighted by molar-refractivity contribution is 6.29. The summed E-state index contributed by atoms with van der Waals surface area (Å²) in [6.45, 7) is 0.727. The van der Waals surface area contributed by atoms with Gasteiger partial charge in [0.25, 0.3) is 0 Å². The molecule has 3 aromatic rings. The van der Waals surface area contributed by atoms with Crippen molar-refractivity contribution in [2.45, 2.75) is 11.6 Å². The fraction of sp³-hybridized carbons (Fsp3) is 0.278. The lowest BCUT2D eigenvalue weighted by Crippen LogP contribution is -2.65. The zero-order chi connectivity index (χ0) is 21.7. The van der Waals surface area contributed by atoms with Gasteiger partial charge in [-0.05, 0) is 17.7 Å². The Bertz CT molecular complexity index is 1110. The van der Waals surface area contributed by atoms with E-state index in [1.165, 1.54) is 23.1 Å². The topological polar surface area (TPSA) is 88.5 Å². The van der Waals surface area contributed by atoms with Crippen LogP contribution >= 0.6 is 11.6 Å². The minimum atomic E-state index is -4.64. The highest BCUT2D eigenvalue weighted by Gasteiger charge is 2.46. The Hall–Kier alpha value is -3.08. The molecule has 0 radical (unpaired) electrons. The normalized spacial score (nSPS) is 15.8. The maximum absolute atomic E-state index is 13.3. The predicted molar refractivity (Wildman–Crippen MR) is 101 cm³/mol. The molecule has 1 saturated heterocycles. The number of hydrogen-bond acceptors (Lipinski definition) is 4. The van der Waals surface area contributed by atoms with E-state index in [0.29, 0.717) is 0 Å². The molecule has 1 aliphatic heterocycles. The standard InChI is InChI=1S/C18H15ClF4N6O/c19-13-6-14(29-15(26-13)5-12(27-29)18(21,22)23)25-7-17(8-28(9-17)16(24)30)10-1-3-11(20)4-2-10/h1-6,25H,7-9H2,(H2,24,30). The van der Waals surface area contributed by atoms with Crippen LogP contribution in [-0.4, -0.2) is 45.2 Å². The summed E-state index contributed by atoms with van der Waals surface area (Å²) in [5, 5.41) is 6.60. The molecule has 12 heteroatoms. The van der Waals surface area contributed by atoms with Crippen LogP contribution in [0.4, 0.5) is 28.2 Å².